The molecule has 0 saturated heterocycles. The molecular weight excluding hydrogens is 397 g/mol. The Bertz CT molecular complexity index is 834. The fourth-order valence-electron chi connectivity index (χ4n) is 2.06. The van der Waals surface area contributed by atoms with Crippen LogP contribution in [0.25, 0.3) is 0 Å². The molecule has 0 bridgehead atoms. The van der Waals surface area contributed by atoms with Crippen molar-refractivity contribution in [1.29, 1.82) is 0 Å². The number of benzene rings is 1. The van der Waals surface area contributed by atoms with Gasteiger partial charge in [-0.2, -0.15) is 0 Å². The van der Waals surface area contributed by atoms with Crippen LogP contribution >= 0.6 is 34.5 Å². The number of amides is 1. The zero-order chi connectivity index (χ0) is 19.3. The van der Waals surface area contributed by atoms with Crippen molar-refractivity contribution >= 4 is 57.9 Å². The molecular formula is C18H17Cl2NO4S. The lowest BCUT2D eigenvalue weighted by Gasteiger charge is -2.14. The maximum absolute atomic E-state index is 12.1. The third kappa shape index (κ3) is 5.83. The van der Waals surface area contributed by atoms with Gasteiger partial charge in [0, 0.05) is 16.3 Å². The van der Waals surface area contributed by atoms with Crippen LogP contribution in [0.3, 0.4) is 0 Å². The molecule has 1 N–H and O–H groups in total. The molecule has 8 heteroatoms. The molecule has 0 aliphatic carbocycles. The number of esters is 1. The van der Waals surface area contributed by atoms with Crippen molar-refractivity contribution in [3.63, 3.8) is 0 Å². The summed E-state index contributed by atoms with van der Waals surface area (Å²) in [6.45, 7) is 3.35. The minimum Gasteiger partial charge on any atom is -0.453 e. The Balaban J connectivity index is 1.82. The van der Waals surface area contributed by atoms with E-state index in [1.165, 1.54) is 24.3 Å². The molecule has 2 rings (SSSR count). The molecule has 1 atom stereocenters. The van der Waals surface area contributed by atoms with Gasteiger partial charge in [-0.05, 0) is 44.2 Å². The molecule has 0 unspecified atom stereocenters. The normalized spacial score (nSPS) is 11.7. The first-order valence-electron chi connectivity index (χ1n) is 7.81. The maximum Gasteiger partial charge on any atom is 0.307 e. The quantitative estimate of drug-likeness (QED) is 0.517. The number of thiophene rings is 1. The van der Waals surface area contributed by atoms with Crippen LogP contribution in [0.5, 0.6) is 0 Å². The average Bonchev–Trinajstić information content (AvgIpc) is 3.01. The minimum atomic E-state index is -1.02. The second-order valence-corrected chi connectivity index (χ2v) is 7.71. The Morgan fingerprint density at radius 2 is 1.88 bits per heavy atom. The Morgan fingerprint density at radius 3 is 2.50 bits per heavy atom. The monoisotopic (exact) mass is 413 g/mol. The molecule has 1 heterocycles. The summed E-state index contributed by atoms with van der Waals surface area (Å²) < 4.78 is 5.07. The number of carbonyl (C=O) groups excluding carboxylic acids is 3. The van der Waals surface area contributed by atoms with Gasteiger partial charge in [-0.3, -0.25) is 14.4 Å². The van der Waals surface area contributed by atoms with Crippen LogP contribution in [-0.4, -0.2) is 23.8 Å². The minimum absolute atomic E-state index is 0.0378. The Labute approximate surface area is 165 Å². The van der Waals surface area contributed by atoms with E-state index in [1.807, 2.05) is 13.0 Å². The van der Waals surface area contributed by atoms with Crippen molar-refractivity contribution in [2.45, 2.75) is 32.8 Å². The summed E-state index contributed by atoms with van der Waals surface area (Å²) in [7, 11) is 0. The van der Waals surface area contributed by atoms with Gasteiger partial charge in [-0.1, -0.05) is 23.2 Å². The van der Waals surface area contributed by atoms with E-state index in [1.54, 1.807) is 18.2 Å². The number of rotatable bonds is 7. The van der Waals surface area contributed by atoms with Crippen molar-refractivity contribution in [1.82, 2.24) is 0 Å². The van der Waals surface area contributed by atoms with E-state index in [4.69, 9.17) is 27.9 Å². The summed E-state index contributed by atoms with van der Waals surface area (Å²) in [6.07, 6.45) is -1.07. The summed E-state index contributed by atoms with van der Waals surface area (Å²) in [6, 6.07) is 8.22. The molecule has 1 amide bonds. The van der Waals surface area contributed by atoms with Gasteiger partial charge >= 0.3 is 5.97 Å². The maximum atomic E-state index is 12.1. The van der Waals surface area contributed by atoms with Crippen molar-refractivity contribution in [2.24, 2.45) is 0 Å². The highest BCUT2D eigenvalue weighted by molar-refractivity contribution is 7.14. The number of hydrogen-bond donors (Lipinski definition) is 1. The lowest BCUT2D eigenvalue weighted by atomic mass is 10.2. The highest BCUT2D eigenvalue weighted by Gasteiger charge is 2.20. The van der Waals surface area contributed by atoms with Gasteiger partial charge in [0.25, 0.3) is 5.91 Å². The van der Waals surface area contributed by atoms with Gasteiger partial charge in [-0.25, -0.2) is 0 Å². The fraction of sp³-hybridized carbons (Fsp3) is 0.278. The van der Waals surface area contributed by atoms with Crippen molar-refractivity contribution in [3.8, 4) is 0 Å². The van der Waals surface area contributed by atoms with Crippen LogP contribution in [-0.2, 0) is 14.3 Å². The zero-order valence-corrected chi connectivity index (χ0v) is 16.5. The Hall–Kier alpha value is -1.89. The van der Waals surface area contributed by atoms with Gasteiger partial charge in [0.05, 0.1) is 22.0 Å². The molecule has 0 radical (unpaired) electrons. The molecule has 0 aliphatic rings. The highest BCUT2D eigenvalue weighted by atomic mass is 35.5. The van der Waals surface area contributed by atoms with Gasteiger partial charge in [-0.15, -0.1) is 11.3 Å². The zero-order valence-electron chi connectivity index (χ0n) is 14.2. The number of hydrogen-bond acceptors (Lipinski definition) is 5. The molecule has 5 nitrogen and oxygen atoms in total. The number of aryl methyl sites for hydroxylation is 1. The molecule has 1 aromatic carbocycles. The summed E-state index contributed by atoms with van der Waals surface area (Å²) >= 11 is 13.2. The summed E-state index contributed by atoms with van der Waals surface area (Å²) in [4.78, 5) is 37.6. The van der Waals surface area contributed by atoms with E-state index >= 15 is 0 Å². The second-order valence-electron chi connectivity index (χ2n) is 5.58. The predicted molar refractivity (Wildman–Crippen MR) is 103 cm³/mol. The summed E-state index contributed by atoms with van der Waals surface area (Å²) in [5, 5.41) is 3.29. The number of carbonyl (C=O) groups is 3. The van der Waals surface area contributed by atoms with E-state index in [2.05, 4.69) is 5.32 Å². The lowest BCUT2D eigenvalue weighted by molar-refractivity contribution is -0.153. The topological polar surface area (TPSA) is 72.5 Å². The largest absolute Gasteiger partial charge is 0.453 e. The smallest absolute Gasteiger partial charge is 0.307 e. The molecule has 138 valence electrons. The summed E-state index contributed by atoms with van der Waals surface area (Å²) in [5.41, 5.74) is 0.368. The van der Waals surface area contributed by atoms with Crippen molar-refractivity contribution < 1.29 is 19.1 Å². The van der Waals surface area contributed by atoms with E-state index < -0.39 is 18.0 Å². The van der Waals surface area contributed by atoms with E-state index in [-0.39, 0.29) is 23.6 Å². The number of anilines is 1. The molecule has 0 spiro atoms. The number of ketones is 1. The molecule has 0 fully saturated rings. The fourth-order valence-corrected chi connectivity index (χ4v) is 3.35. The predicted octanol–water partition coefficient (Wildman–Crippen LogP) is 4.90. The number of Topliss-reactive ketones (excluding diaryl/α,β-unsaturated/α-hetero) is 1. The first-order valence-corrected chi connectivity index (χ1v) is 9.38. The highest BCUT2D eigenvalue weighted by Crippen LogP contribution is 2.25. The third-order valence-electron chi connectivity index (χ3n) is 3.44. The molecule has 26 heavy (non-hydrogen) atoms. The first kappa shape index (κ1) is 20.4. The number of ether oxygens (including phenoxy) is 1. The van der Waals surface area contributed by atoms with Gasteiger partial charge in [0.2, 0.25) is 0 Å². The third-order valence-corrected chi connectivity index (χ3v) is 5.03. The Kier molecular flexibility index (Phi) is 7.20. The van der Waals surface area contributed by atoms with E-state index in [0.717, 1.165) is 4.88 Å². The van der Waals surface area contributed by atoms with Crippen LogP contribution < -0.4 is 5.32 Å². The number of halogens is 2. The lowest BCUT2D eigenvalue weighted by Crippen LogP contribution is -2.30. The van der Waals surface area contributed by atoms with Gasteiger partial charge in [0.15, 0.2) is 11.9 Å². The molecule has 0 aliphatic heterocycles. The van der Waals surface area contributed by atoms with Crippen LogP contribution in [0, 0.1) is 6.92 Å². The van der Waals surface area contributed by atoms with Crippen molar-refractivity contribution in [2.75, 3.05) is 5.32 Å². The molecule has 1 aromatic heterocycles. The Morgan fingerprint density at radius 1 is 1.15 bits per heavy atom. The average molecular weight is 414 g/mol. The van der Waals surface area contributed by atoms with Gasteiger partial charge < -0.3 is 10.1 Å². The van der Waals surface area contributed by atoms with E-state index in [0.29, 0.717) is 15.6 Å². The summed E-state index contributed by atoms with van der Waals surface area (Å²) in [5.74, 6) is -1.26. The number of nitrogens with one attached hydrogen (secondary N) is 1. The van der Waals surface area contributed by atoms with Gasteiger partial charge in [0.1, 0.15) is 0 Å². The molecule has 2 aromatic rings. The van der Waals surface area contributed by atoms with Crippen LogP contribution in [0.15, 0.2) is 30.3 Å². The van der Waals surface area contributed by atoms with Crippen LogP contribution in [0.2, 0.25) is 10.0 Å². The van der Waals surface area contributed by atoms with Crippen LogP contribution in [0.4, 0.5) is 5.69 Å². The molecule has 0 saturated carbocycles. The standard InChI is InChI=1S/C18H17Cl2NO4S/c1-10-3-7-16(26-10)15(22)6-8-17(23)25-11(2)18(24)21-14-5-4-12(19)9-13(14)20/h3-5,7,9,11H,6,8H2,1-2H3,(H,21,24)/t11-/m1/s1. The second kappa shape index (κ2) is 9.16. The van der Waals surface area contributed by atoms with E-state index in [9.17, 15) is 14.4 Å². The van der Waals surface area contributed by atoms with Crippen molar-refractivity contribution in [3.05, 3.63) is 50.1 Å². The SMILES string of the molecule is Cc1ccc(C(=O)CCC(=O)O[C@H](C)C(=O)Nc2ccc(Cl)cc2Cl)s1. The first-order chi connectivity index (χ1) is 12.3. The van der Waals surface area contributed by atoms with Crippen LogP contribution in [0.1, 0.15) is 34.3 Å².